The summed E-state index contributed by atoms with van der Waals surface area (Å²) in [6.45, 7) is 1.59. The fraction of sp³-hybridized carbons (Fsp3) is 0.188. The Bertz CT molecular complexity index is 852. The van der Waals surface area contributed by atoms with Crippen LogP contribution >= 0.6 is 31.9 Å². The van der Waals surface area contributed by atoms with Crippen LogP contribution in [0.3, 0.4) is 0 Å². The summed E-state index contributed by atoms with van der Waals surface area (Å²) >= 11 is 6.62. The van der Waals surface area contributed by atoms with E-state index in [0.717, 1.165) is 18.8 Å². The topological polar surface area (TPSA) is 66.5 Å². The molecule has 0 spiro atoms. The first kappa shape index (κ1) is 19.1. The smallest absolute Gasteiger partial charge is 0.243 e. The maximum Gasteiger partial charge on any atom is 0.243 e. The molecular weight excluding hydrogens is 460 g/mol. The monoisotopic (exact) mass is 474 g/mol. The van der Waals surface area contributed by atoms with Gasteiger partial charge in [-0.3, -0.25) is 4.79 Å². The lowest BCUT2D eigenvalue weighted by Crippen LogP contribution is -2.35. The highest BCUT2D eigenvalue weighted by Gasteiger charge is 2.23. The van der Waals surface area contributed by atoms with Crippen molar-refractivity contribution in [3.05, 3.63) is 57.0 Å². The van der Waals surface area contributed by atoms with Gasteiger partial charge < -0.3 is 5.32 Å². The number of likely N-dealkylation sites (N-methyl/N-ethyl adjacent to an activating group) is 1. The van der Waals surface area contributed by atoms with E-state index in [4.69, 9.17) is 0 Å². The Hall–Kier alpha value is -1.22. The number of rotatable bonds is 5. The molecule has 0 saturated carbocycles. The molecule has 0 aromatic heterocycles. The molecule has 0 saturated heterocycles. The van der Waals surface area contributed by atoms with E-state index in [9.17, 15) is 13.2 Å². The van der Waals surface area contributed by atoms with Crippen LogP contribution in [0, 0.1) is 6.92 Å². The molecule has 0 bridgehead atoms. The minimum Gasteiger partial charge on any atom is -0.325 e. The summed E-state index contributed by atoms with van der Waals surface area (Å²) in [7, 11) is -2.34. The normalized spacial score (nSPS) is 11.5. The van der Waals surface area contributed by atoms with E-state index in [-0.39, 0.29) is 11.4 Å². The molecule has 0 aliphatic carbocycles. The van der Waals surface area contributed by atoms with Gasteiger partial charge in [-0.15, -0.1) is 0 Å². The zero-order valence-corrected chi connectivity index (χ0v) is 17.1. The Balaban J connectivity index is 2.09. The number of anilines is 1. The summed E-state index contributed by atoms with van der Waals surface area (Å²) < 4.78 is 27.7. The fourth-order valence-corrected chi connectivity index (χ4v) is 3.90. The summed E-state index contributed by atoms with van der Waals surface area (Å²) in [5.41, 5.74) is 1.54. The Labute approximate surface area is 158 Å². The van der Waals surface area contributed by atoms with E-state index < -0.39 is 15.9 Å². The highest BCUT2D eigenvalue weighted by atomic mass is 79.9. The molecule has 128 valence electrons. The van der Waals surface area contributed by atoms with Gasteiger partial charge in [-0.05, 0) is 55.0 Å². The highest BCUT2D eigenvalue weighted by molar-refractivity contribution is 9.10. The van der Waals surface area contributed by atoms with Crippen molar-refractivity contribution < 1.29 is 13.2 Å². The van der Waals surface area contributed by atoms with Crippen LogP contribution in [0.15, 0.2) is 56.3 Å². The molecule has 2 aromatic carbocycles. The second-order valence-corrected chi connectivity index (χ2v) is 9.10. The van der Waals surface area contributed by atoms with Crippen molar-refractivity contribution in [2.75, 3.05) is 18.9 Å². The van der Waals surface area contributed by atoms with E-state index in [2.05, 4.69) is 37.2 Å². The van der Waals surface area contributed by atoms with Gasteiger partial charge in [-0.2, -0.15) is 4.31 Å². The third-order valence-electron chi connectivity index (χ3n) is 3.35. The van der Waals surface area contributed by atoms with Crippen molar-refractivity contribution in [1.29, 1.82) is 0 Å². The van der Waals surface area contributed by atoms with Crippen LogP contribution in [0.1, 0.15) is 5.56 Å². The number of aryl methyl sites for hydroxylation is 1. The lowest BCUT2D eigenvalue weighted by Gasteiger charge is -2.17. The molecule has 2 rings (SSSR count). The molecular formula is C16H16Br2N2O3S. The molecule has 0 aliphatic heterocycles. The molecule has 0 atom stereocenters. The van der Waals surface area contributed by atoms with E-state index in [0.29, 0.717) is 5.69 Å². The molecule has 1 N–H and O–H groups in total. The summed E-state index contributed by atoms with van der Waals surface area (Å²) in [5, 5.41) is 2.73. The standard InChI is InChI=1S/C16H16Br2N2O3S/c1-11-9-13(18)5-8-15(11)19-16(21)10-20(2)24(22,23)14-6-3-12(17)4-7-14/h3-9H,10H2,1-2H3,(H,19,21). The fourth-order valence-electron chi connectivity index (χ4n) is 2.03. The van der Waals surface area contributed by atoms with Gasteiger partial charge >= 0.3 is 0 Å². The Morgan fingerprint density at radius 3 is 2.25 bits per heavy atom. The van der Waals surface area contributed by atoms with Crippen molar-refractivity contribution in [2.45, 2.75) is 11.8 Å². The molecule has 5 nitrogen and oxygen atoms in total. The van der Waals surface area contributed by atoms with E-state index >= 15 is 0 Å². The van der Waals surface area contributed by atoms with Crippen molar-refractivity contribution in [3.8, 4) is 0 Å². The largest absolute Gasteiger partial charge is 0.325 e. The number of sulfonamides is 1. The Kier molecular flexibility index (Phi) is 6.19. The van der Waals surface area contributed by atoms with E-state index in [1.165, 1.54) is 19.2 Å². The number of nitrogens with one attached hydrogen (secondary N) is 1. The quantitative estimate of drug-likeness (QED) is 0.715. The van der Waals surface area contributed by atoms with Crippen molar-refractivity contribution in [3.63, 3.8) is 0 Å². The first-order chi connectivity index (χ1) is 11.2. The van der Waals surface area contributed by atoms with Gasteiger partial charge in [-0.1, -0.05) is 31.9 Å². The van der Waals surface area contributed by atoms with Gasteiger partial charge in [0.2, 0.25) is 15.9 Å². The second kappa shape index (κ2) is 7.77. The molecule has 1 amide bonds. The van der Waals surface area contributed by atoms with Crippen LogP contribution in [0.4, 0.5) is 5.69 Å². The van der Waals surface area contributed by atoms with Crippen LogP contribution in [0.2, 0.25) is 0 Å². The maximum absolute atomic E-state index is 12.5. The molecule has 0 heterocycles. The van der Waals surface area contributed by atoms with Crippen LogP contribution in [0.5, 0.6) is 0 Å². The zero-order valence-electron chi connectivity index (χ0n) is 13.1. The van der Waals surface area contributed by atoms with Crippen molar-refractivity contribution in [1.82, 2.24) is 4.31 Å². The SMILES string of the molecule is Cc1cc(Br)ccc1NC(=O)CN(C)S(=O)(=O)c1ccc(Br)cc1. The summed E-state index contributed by atoms with van der Waals surface area (Å²) in [6, 6.07) is 11.7. The number of carbonyl (C=O) groups is 1. The van der Waals surface area contributed by atoms with Crippen LogP contribution in [-0.4, -0.2) is 32.2 Å². The highest BCUT2D eigenvalue weighted by Crippen LogP contribution is 2.21. The molecule has 8 heteroatoms. The lowest BCUT2D eigenvalue weighted by molar-refractivity contribution is -0.116. The molecule has 0 aliphatic rings. The summed E-state index contributed by atoms with van der Waals surface area (Å²) in [6.07, 6.45) is 0. The van der Waals surface area contributed by atoms with Gasteiger partial charge in [0.05, 0.1) is 11.4 Å². The third-order valence-corrected chi connectivity index (χ3v) is 6.19. The number of amides is 1. The first-order valence-corrected chi connectivity index (χ1v) is 10.0. The predicted octanol–water partition coefficient (Wildman–Crippen LogP) is 3.78. The maximum atomic E-state index is 12.5. The number of hydrogen-bond donors (Lipinski definition) is 1. The Morgan fingerprint density at radius 2 is 1.67 bits per heavy atom. The molecule has 0 fully saturated rings. The van der Waals surface area contributed by atoms with Gasteiger partial charge in [-0.25, -0.2) is 8.42 Å². The number of hydrogen-bond acceptors (Lipinski definition) is 3. The van der Waals surface area contributed by atoms with Crippen molar-refractivity contribution >= 4 is 53.5 Å². The van der Waals surface area contributed by atoms with Gasteiger partial charge in [0.1, 0.15) is 0 Å². The van der Waals surface area contributed by atoms with Gasteiger partial charge in [0, 0.05) is 21.7 Å². The lowest BCUT2D eigenvalue weighted by atomic mass is 10.2. The molecule has 24 heavy (non-hydrogen) atoms. The number of nitrogens with zero attached hydrogens (tertiary/aromatic N) is 1. The minimum absolute atomic E-state index is 0.140. The molecule has 0 unspecified atom stereocenters. The summed E-state index contributed by atoms with van der Waals surface area (Å²) in [4.78, 5) is 12.3. The third kappa shape index (κ3) is 4.66. The number of carbonyl (C=O) groups excluding carboxylic acids is 1. The first-order valence-electron chi connectivity index (χ1n) is 6.98. The predicted molar refractivity (Wildman–Crippen MR) is 101 cm³/mol. The number of benzene rings is 2. The average Bonchev–Trinajstić information content (AvgIpc) is 2.50. The second-order valence-electron chi connectivity index (χ2n) is 5.22. The number of halogens is 2. The van der Waals surface area contributed by atoms with Gasteiger partial charge in [0.25, 0.3) is 0 Å². The summed E-state index contributed by atoms with van der Waals surface area (Å²) in [5.74, 6) is -0.399. The van der Waals surface area contributed by atoms with Crippen LogP contribution < -0.4 is 5.32 Å². The molecule has 2 aromatic rings. The Morgan fingerprint density at radius 1 is 1.08 bits per heavy atom. The van der Waals surface area contributed by atoms with Crippen molar-refractivity contribution in [2.24, 2.45) is 0 Å². The zero-order chi connectivity index (χ0) is 17.9. The molecule has 0 radical (unpaired) electrons. The van der Waals surface area contributed by atoms with Crippen LogP contribution in [0.25, 0.3) is 0 Å². The van der Waals surface area contributed by atoms with Gasteiger partial charge in [0.15, 0.2) is 0 Å². The van der Waals surface area contributed by atoms with E-state index in [1.807, 2.05) is 19.1 Å². The van der Waals surface area contributed by atoms with E-state index in [1.54, 1.807) is 18.2 Å². The average molecular weight is 476 g/mol. The van der Waals surface area contributed by atoms with Crippen LogP contribution in [-0.2, 0) is 14.8 Å². The minimum atomic E-state index is -3.72.